The van der Waals surface area contributed by atoms with E-state index in [0.29, 0.717) is 5.04 Å². The van der Waals surface area contributed by atoms with Crippen molar-refractivity contribution in [1.82, 2.24) is 4.98 Å². The molecule has 1 heterocycles. The molecule has 0 fully saturated rings. The van der Waals surface area contributed by atoms with Gasteiger partial charge in [0.25, 0.3) is 0 Å². The van der Waals surface area contributed by atoms with E-state index in [-0.39, 0.29) is 0 Å². The Morgan fingerprint density at radius 1 is 1.55 bits per heavy atom. The summed E-state index contributed by atoms with van der Waals surface area (Å²) in [6.07, 6.45) is 3.62. The lowest BCUT2D eigenvalue weighted by Crippen LogP contribution is -1.93. The molecule has 0 spiro atoms. The molecule has 1 aromatic heterocycles. The molecule has 2 nitrogen and oxygen atoms in total. The number of pyridine rings is 1. The molecule has 0 atom stereocenters. The molecule has 0 aliphatic heterocycles. The highest BCUT2D eigenvalue weighted by molar-refractivity contribution is 8.13. The van der Waals surface area contributed by atoms with E-state index in [1.54, 1.807) is 6.20 Å². The summed E-state index contributed by atoms with van der Waals surface area (Å²) in [5, 5.41) is 8.04. The Labute approximate surface area is 70.6 Å². The number of nitrogens with zero attached hydrogens (tertiary/aromatic N) is 1. The zero-order valence-corrected chi connectivity index (χ0v) is 7.40. The first kappa shape index (κ1) is 8.27. The van der Waals surface area contributed by atoms with Gasteiger partial charge in [0, 0.05) is 17.5 Å². The second-order valence-electron chi connectivity index (χ2n) is 2.22. The van der Waals surface area contributed by atoms with Crippen LogP contribution < -0.4 is 0 Å². The molecule has 0 aliphatic rings. The standard InChI is InChI=1S/C8H10N2S/c1-6-3-4-7(5-10-6)8(9)11-2/h3-5,9H,1-2H3. The molecular weight excluding hydrogens is 156 g/mol. The van der Waals surface area contributed by atoms with E-state index in [0.717, 1.165) is 11.3 Å². The molecule has 0 saturated heterocycles. The summed E-state index contributed by atoms with van der Waals surface area (Å²) < 4.78 is 0. The molecule has 0 saturated carbocycles. The maximum atomic E-state index is 7.47. The molecule has 0 bridgehead atoms. The van der Waals surface area contributed by atoms with Crippen molar-refractivity contribution in [2.75, 3.05) is 6.26 Å². The molecule has 1 N–H and O–H groups in total. The number of hydrogen-bond acceptors (Lipinski definition) is 3. The topological polar surface area (TPSA) is 36.7 Å². The fourth-order valence-electron chi connectivity index (χ4n) is 0.720. The van der Waals surface area contributed by atoms with E-state index in [1.807, 2.05) is 25.3 Å². The van der Waals surface area contributed by atoms with Crippen LogP contribution in [0.25, 0.3) is 0 Å². The summed E-state index contributed by atoms with van der Waals surface area (Å²) in [6.45, 7) is 1.94. The Morgan fingerprint density at radius 3 is 2.73 bits per heavy atom. The van der Waals surface area contributed by atoms with Crippen LogP contribution in [0.3, 0.4) is 0 Å². The average Bonchev–Trinajstić information content (AvgIpc) is 2.05. The maximum absolute atomic E-state index is 7.47. The first-order chi connectivity index (χ1) is 5.24. The van der Waals surface area contributed by atoms with E-state index in [1.165, 1.54) is 11.8 Å². The van der Waals surface area contributed by atoms with Gasteiger partial charge in [-0.25, -0.2) is 0 Å². The zero-order chi connectivity index (χ0) is 8.27. The van der Waals surface area contributed by atoms with Crippen molar-refractivity contribution in [3.05, 3.63) is 29.6 Å². The minimum Gasteiger partial charge on any atom is -0.293 e. The van der Waals surface area contributed by atoms with Crippen molar-refractivity contribution < 1.29 is 0 Å². The van der Waals surface area contributed by atoms with Gasteiger partial charge < -0.3 is 0 Å². The summed E-state index contributed by atoms with van der Waals surface area (Å²) in [4.78, 5) is 4.09. The maximum Gasteiger partial charge on any atom is 0.0955 e. The quantitative estimate of drug-likeness (QED) is 0.512. The van der Waals surface area contributed by atoms with Gasteiger partial charge in [-0.2, -0.15) is 0 Å². The first-order valence-corrected chi connectivity index (χ1v) is 4.52. The van der Waals surface area contributed by atoms with Gasteiger partial charge in [-0.05, 0) is 25.3 Å². The van der Waals surface area contributed by atoms with Gasteiger partial charge in [0.15, 0.2) is 0 Å². The number of hydrogen-bond donors (Lipinski definition) is 1. The van der Waals surface area contributed by atoms with Crippen molar-refractivity contribution in [1.29, 1.82) is 5.41 Å². The molecule has 11 heavy (non-hydrogen) atoms. The highest BCUT2D eigenvalue weighted by Gasteiger charge is 1.97. The molecule has 1 rings (SSSR count). The predicted octanol–water partition coefficient (Wildman–Crippen LogP) is 2.08. The normalized spacial score (nSPS) is 9.64. The third kappa shape index (κ3) is 2.05. The molecule has 1 aromatic rings. The Kier molecular flexibility index (Phi) is 2.65. The SMILES string of the molecule is CSC(=N)c1ccc(C)nc1. The van der Waals surface area contributed by atoms with E-state index in [9.17, 15) is 0 Å². The van der Waals surface area contributed by atoms with Crippen molar-refractivity contribution in [3.8, 4) is 0 Å². The number of aromatic nitrogens is 1. The molecular formula is C8H10N2S. The summed E-state index contributed by atoms with van der Waals surface area (Å²) in [5.41, 5.74) is 1.88. The molecule has 0 amide bonds. The van der Waals surface area contributed by atoms with Crippen molar-refractivity contribution >= 4 is 16.8 Å². The van der Waals surface area contributed by atoms with Crippen LogP contribution in [-0.4, -0.2) is 16.3 Å². The van der Waals surface area contributed by atoms with Gasteiger partial charge in [0.1, 0.15) is 0 Å². The minimum absolute atomic E-state index is 0.567. The zero-order valence-electron chi connectivity index (χ0n) is 6.59. The molecule has 58 valence electrons. The van der Waals surface area contributed by atoms with E-state index < -0.39 is 0 Å². The fourth-order valence-corrected chi connectivity index (χ4v) is 1.08. The molecule has 0 unspecified atom stereocenters. The lowest BCUT2D eigenvalue weighted by molar-refractivity contribution is 1.19. The summed E-state index contributed by atoms with van der Waals surface area (Å²) in [6, 6.07) is 3.83. The summed E-state index contributed by atoms with van der Waals surface area (Å²) in [7, 11) is 0. The molecule has 0 aliphatic carbocycles. The second kappa shape index (κ2) is 3.53. The minimum atomic E-state index is 0.567. The average molecular weight is 166 g/mol. The first-order valence-electron chi connectivity index (χ1n) is 3.29. The van der Waals surface area contributed by atoms with Gasteiger partial charge >= 0.3 is 0 Å². The number of thioether (sulfide) groups is 1. The Hall–Kier alpha value is -0.830. The third-order valence-corrected chi connectivity index (χ3v) is 2.02. The second-order valence-corrected chi connectivity index (χ2v) is 3.04. The van der Waals surface area contributed by atoms with Gasteiger partial charge in [-0.15, -0.1) is 11.8 Å². The van der Waals surface area contributed by atoms with Gasteiger partial charge in [0.2, 0.25) is 0 Å². The van der Waals surface area contributed by atoms with Crippen molar-refractivity contribution in [2.24, 2.45) is 0 Å². The Bertz CT molecular complexity index is 253. The highest BCUT2D eigenvalue weighted by Crippen LogP contribution is 2.07. The summed E-state index contributed by atoms with van der Waals surface area (Å²) in [5.74, 6) is 0. The predicted molar refractivity (Wildman–Crippen MR) is 49.3 cm³/mol. The van der Waals surface area contributed by atoms with E-state index in [2.05, 4.69) is 4.98 Å². The van der Waals surface area contributed by atoms with Crippen molar-refractivity contribution in [2.45, 2.75) is 6.92 Å². The largest absolute Gasteiger partial charge is 0.293 e. The smallest absolute Gasteiger partial charge is 0.0955 e. The summed E-state index contributed by atoms with van der Waals surface area (Å²) >= 11 is 1.43. The van der Waals surface area contributed by atoms with Crippen LogP contribution in [0.5, 0.6) is 0 Å². The van der Waals surface area contributed by atoms with Crippen LogP contribution in [0, 0.1) is 12.3 Å². The van der Waals surface area contributed by atoms with Crippen LogP contribution in [0.4, 0.5) is 0 Å². The Morgan fingerprint density at radius 2 is 2.27 bits per heavy atom. The fraction of sp³-hybridized carbons (Fsp3) is 0.250. The van der Waals surface area contributed by atoms with E-state index >= 15 is 0 Å². The highest BCUT2D eigenvalue weighted by atomic mass is 32.2. The number of aryl methyl sites for hydroxylation is 1. The molecule has 0 radical (unpaired) electrons. The lowest BCUT2D eigenvalue weighted by Gasteiger charge is -1.98. The van der Waals surface area contributed by atoms with Gasteiger partial charge in [-0.3, -0.25) is 10.4 Å². The van der Waals surface area contributed by atoms with E-state index in [4.69, 9.17) is 5.41 Å². The van der Waals surface area contributed by atoms with Crippen LogP contribution in [0.15, 0.2) is 18.3 Å². The van der Waals surface area contributed by atoms with Gasteiger partial charge in [-0.1, -0.05) is 0 Å². The Balaban J connectivity index is 2.90. The van der Waals surface area contributed by atoms with Crippen LogP contribution in [-0.2, 0) is 0 Å². The number of rotatable bonds is 1. The van der Waals surface area contributed by atoms with Crippen LogP contribution in [0.1, 0.15) is 11.3 Å². The van der Waals surface area contributed by atoms with Crippen molar-refractivity contribution in [3.63, 3.8) is 0 Å². The lowest BCUT2D eigenvalue weighted by atomic mass is 10.3. The van der Waals surface area contributed by atoms with Crippen LogP contribution in [0.2, 0.25) is 0 Å². The molecule has 3 heteroatoms. The molecule has 0 aromatic carbocycles. The number of nitrogens with one attached hydrogen (secondary N) is 1. The van der Waals surface area contributed by atoms with Crippen LogP contribution >= 0.6 is 11.8 Å². The third-order valence-electron chi connectivity index (χ3n) is 1.38. The van der Waals surface area contributed by atoms with Gasteiger partial charge in [0.05, 0.1) is 5.04 Å². The monoisotopic (exact) mass is 166 g/mol.